The Morgan fingerprint density at radius 1 is 0.912 bits per heavy atom. The van der Waals surface area contributed by atoms with Gasteiger partial charge in [-0.3, -0.25) is 4.90 Å². The summed E-state index contributed by atoms with van der Waals surface area (Å²) in [6.07, 6.45) is 0.918. The van der Waals surface area contributed by atoms with Gasteiger partial charge in [0.2, 0.25) is 12.7 Å². The zero-order chi connectivity index (χ0) is 23.3. The van der Waals surface area contributed by atoms with E-state index in [1.165, 1.54) is 11.1 Å². The molecule has 8 nitrogen and oxygen atoms in total. The fraction of sp³-hybridized carbons (Fsp3) is 0.385. The number of hydrogen-bond acceptors (Lipinski definition) is 8. The van der Waals surface area contributed by atoms with E-state index in [1.54, 1.807) is 7.11 Å². The molecule has 0 unspecified atom stereocenters. The van der Waals surface area contributed by atoms with E-state index in [9.17, 15) is 0 Å². The zero-order valence-electron chi connectivity index (χ0n) is 19.8. The van der Waals surface area contributed by atoms with Crippen LogP contribution in [0, 0.1) is 6.92 Å². The summed E-state index contributed by atoms with van der Waals surface area (Å²) in [5.41, 5.74) is 3.48. The molecular weight excluding hydrogens is 430 g/mol. The number of hydrogen-bond donors (Lipinski definition) is 1. The van der Waals surface area contributed by atoms with Crippen molar-refractivity contribution >= 4 is 11.8 Å². The van der Waals surface area contributed by atoms with Crippen LogP contribution in [0.3, 0.4) is 0 Å². The van der Waals surface area contributed by atoms with Gasteiger partial charge in [-0.05, 0) is 48.7 Å². The van der Waals surface area contributed by atoms with Gasteiger partial charge in [-0.1, -0.05) is 18.2 Å². The molecule has 3 heterocycles. The molecule has 0 bridgehead atoms. The lowest BCUT2D eigenvalue weighted by Crippen LogP contribution is -2.46. The second kappa shape index (κ2) is 10.2. The van der Waals surface area contributed by atoms with Crippen molar-refractivity contribution in [2.45, 2.75) is 19.9 Å². The minimum atomic E-state index is 0.312. The number of benzene rings is 2. The van der Waals surface area contributed by atoms with Crippen LogP contribution >= 0.6 is 0 Å². The lowest BCUT2D eigenvalue weighted by Gasteiger charge is -2.35. The third kappa shape index (κ3) is 5.34. The van der Waals surface area contributed by atoms with Crippen LogP contribution < -0.4 is 24.4 Å². The molecule has 8 heteroatoms. The SMILES string of the molecule is COc1ccc(CCNc2cc(C)nc(N3CCN(Cc4ccc5c(c4)OCO5)CC3)n2)cc1. The zero-order valence-corrected chi connectivity index (χ0v) is 19.8. The van der Waals surface area contributed by atoms with Gasteiger partial charge in [-0.15, -0.1) is 0 Å². The van der Waals surface area contributed by atoms with E-state index < -0.39 is 0 Å². The van der Waals surface area contributed by atoms with Crippen molar-refractivity contribution in [3.05, 3.63) is 65.4 Å². The number of methoxy groups -OCH3 is 1. The number of anilines is 2. The molecule has 1 aromatic heterocycles. The predicted octanol–water partition coefficient (Wildman–Crippen LogP) is 3.50. The first kappa shape index (κ1) is 22.3. The molecule has 34 heavy (non-hydrogen) atoms. The van der Waals surface area contributed by atoms with Crippen LogP contribution in [0.2, 0.25) is 0 Å². The van der Waals surface area contributed by atoms with Gasteiger partial charge in [0.25, 0.3) is 0 Å². The number of aryl methyl sites for hydroxylation is 1. The van der Waals surface area contributed by atoms with Crippen LogP contribution in [0.4, 0.5) is 11.8 Å². The van der Waals surface area contributed by atoms with Crippen molar-refractivity contribution in [2.24, 2.45) is 0 Å². The van der Waals surface area contributed by atoms with E-state index in [4.69, 9.17) is 24.2 Å². The van der Waals surface area contributed by atoms with Crippen molar-refractivity contribution in [3.8, 4) is 17.2 Å². The molecule has 5 rings (SSSR count). The smallest absolute Gasteiger partial charge is 0.231 e. The van der Waals surface area contributed by atoms with Crippen LogP contribution in [0.25, 0.3) is 0 Å². The van der Waals surface area contributed by atoms with Crippen molar-refractivity contribution in [3.63, 3.8) is 0 Å². The van der Waals surface area contributed by atoms with E-state index >= 15 is 0 Å². The van der Waals surface area contributed by atoms with E-state index in [0.717, 1.165) is 80.4 Å². The summed E-state index contributed by atoms with van der Waals surface area (Å²) >= 11 is 0. The van der Waals surface area contributed by atoms with Crippen LogP contribution in [0.15, 0.2) is 48.5 Å². The Kier molecular flexibility index (Phi) is 6.67. The molecule has 1 fully saturated rings. The van der Waals surface area contributed by atoms with Crippen LogP contribution in [0.5, 0.6) is 17.2 Å². The Balaban J connectivity index is 1.14. The summed E-state index contributed by atoms with van der Waals surface area (Å²) in [5.74, 6) is 4.23. The molecule has 0 saturated carbocycles. The second-order valence-electron chi connectivity index (χ2n) is 8.67. The Morgan fingerprint density at radius 3 is 2.47 bits per heavy atom. The highest BCUT2D eigenvalue weighted by Crippen LogP contribution is 2.33. The molecule has 2 aliphatic rings. The molecule has 1 N–H and O–H groups in total. The van der Waals surface area contributed by atoms with Crippen LogP contribution in [-0.2, 0) is 13.0 Å². The highest BCUT2D eigenvalue weighted by Gasteiger charge is 2.21. The second-order valence-corrected chi connectivity index (χ2v) is 8.67. The molecule has 0 aliphatic carbocycles. The van der Waals surface area contributed by atoms with Gasteiger partial charge >= 0.3 is 0 Å². The van der Waals surface area contributed by atoms with Crippen LogP contribution in [0.1, 0.15) is 16.8 Å². The highest BCUT2D eigenvalue weighted by atomic mass is 16.7. The molecule has 0 radical (unpaired) electrons. The first-order chi connectivity index (χ1) is 16.7. The van der Waals surface area contributed by atoms with Crippen molar-refractivity contribution in [1.29, 1.82) is 0 Å². The Hall–Kier alpha value is -3.52. The number of fused-ring (bicyclic) bond motifs is 1. The molecule has 1 saturated heterocycles. The van der Waals surface area contributed by atoms with Gasteiger partial charge in [0.05, 0.1) is 7.11 Å². The fourth-order valence-corrected chi connectivity index (χ4v) is 4.32. The number of nitrogens with zero attached hydrogens (tertiary/aromatic N) is 4. The summed E-state index contributed by atoms with van der Waals surface area (Å²) in [6.45, 7) is 7.78. The summed E-state index contributed by atoms with van der Waals surface area (Å²) < 4.78 is 16.2. The predicted molar refractivity (Wildman–Crippen MR) is 132 cm³/mol. The van der Waals surface area contributed by atoms with Gasteiger partial charge in [0, 0.05) is 51.0 Å². The lowest BCUT2D eigenvalue weighted by atomic mass is 10.1. The molecule has 3 aromatic rings. The maximum absolute atomic E-state index is 5.51. The van der Waals surface area contributed by atoms with E-state index in [-0.39, 0.29) is 0 Å². The van der Waals surface area contributed by atoms with Gasteiger partial charge in [-0.25, -0.2) is 4.98 Å². The van der Waals surface area contributed by atoms with Gasteiger partial charge in [0.15, 0.2) is 11.5 Å². The minimum absolute atomic E-state index is 0.312. The normalized spacial score (nSPS) is 15.4. The standard InChI is InChI=1S/C26H31N5O3/c1-19-15-25(27-10-9-20-3-6-22(32-2)7-4-20)29-26(28-19)31-13-11-30(12-14-31)17-21-5-8-23-24(16-21)34-18-33-23/h3-8,15-16H,9-14,17-18H2,1-2H3,(H,27,28,29). The number of aromatic nitrogens is 2. The number of piperazine rings is 1. The van der Waals surface area contributed by atoms with Gasteiger partial charge in [0.1, 0.15) is 11.6 Å². The monoisotopic (exact) mass is 461 g/mol. The average molecular weight is 462 g/mol. The van der Waals surface area contributed by atoms with Gasteiger partial charge < -0.3 is 24.4 Å². The number of nitrogens with one attached hydrogen (secondary N) is 1. The molecule has 2 aliphatic heterocycles. The van der Waals surface area contributed by atoms with E-state index in [0.29, 0.717) is 6.79 Å². The maximum Gasteiger partial charge on any atom is 0.231 e. The van der Waals surface area contributed by atoms with Gasteiger partial charge in [-0.2, -0.15) is 4.98 Å². The maximum atomic E-state index is 5.51. The molecule has 0 atom stereocenters. The summed E-state index contributed by atoms with van der Waals surface area (Å²) in [7, 11) is 1.69. The summed E-state index contributed by atoms with van der Waals surface area (Å²) in [5, 5.41) is 3.46. The first-order valence-corrected chi connectivity index (χ1v) is 11.7. The number of rotatable bonds is 8. The molecule has 2 aromatic carbocycles. The largest absolute Gasteiger partial charge is 0.497 e. The Labute approximate surface area is 200 Å². The highest BCUT2D eigenvalue weighted by molar-refractivity contribution is 5.45. The Bertz CT molecular complexity index is 1110. The third-order valence-electron chi connectivity index (χ3n) is 6.22. The first-order valence-electron chi connectivity index (χ1n) is 11.7. The summed E-state index contributed by atoms with van der Waals surface area (Å²) in [6, 6.07) is 16.4. The topological polar surface area (TPSA) is 72.0 Å². The quantitative estimate of drug-likeness (QED) is 0.547. The van der Waals surface area contributed by atoms with E-state index in [2.05, 4.69) is 39.4 Å². The lowest BCUT2D eigenvalue weighted by molar-refractivity contribution is 0.174. The van der Waals surface area contributed by atoms with Crippen molar-refractivity contribution < 1.29 is 14.2 Å². The third-order valence-corrected chi connectivity index (χ3v) is 6.22. The fourth-order valence-electron chi connectivity index (χ4n) is 4.32. The molecule has 0 amide bonds. The van der Waals surface area contributed by atoms with Crippen molar-refractivity contribution in [2.75, 3.05) is 56.8 Å². The summed E-state index contributed by atoms with van der Waals surface area (Å²) in [4.78, 5) is 14.2. The number of ether oxygens (including phenoxy) is 3. The Morgan fingerprint density at radius 2 is 1.68 bits per heavy atom. The molecular formula is C26H31N5O3. The average Bonchev–Trinajstić information content (AvgIpc) is 3.33. The molecule has 0 spiro atoms. The van der Waals surface area contributed by atoms with Crippen LogP contribution in [-0.4, -0.2) is 61.5 Å². The van der Waals surface area contributed by atoms with E-state index in [1.807, 2.05) is 31.2 Å². The minimum Gasteiger partial charge on any atom is -0.497 e. The van der Waals surface area contributed by atoms with Crippen molar-refractivity contribution in [1.82, 2.24) is 14.9 Å². The molecule has 178 valence electrons.